The van der Waals surface area contributed by atoms with E-state index in [0.717, 1.165) is 34.6 Å². The number of rotatable bonds is 9. The molecule has 0 radical (unpaired) electrons. The lowest BCUT2D eigenvalue weighted by Gasteiger charge is -2.39. The fourth-order valence-electron chi connectivity index (χ4n) is 5.21. The number of fused-ring (bicyclic) bond motifs is 1. The molecule has 14 heteroatoms. The van der Waals surface area contributed by atoms with Gasteiger partial charge in [-0.15, -0.1) is 0 Å². The number of alkyl halides is 6. The van der Waals surface area contributed by atoms with Gasteiger partial charge in [0.25, 0.3) is 15.6 Å². The molecule has 0 aliphatic carbocycles. The van der Waals surface area contributed by atoms with Gasteiger partial charge in [0.05, 0.1) is 23.2 Å². The van der Waals surface area contributed by atoms with E-state index < -0.39 is 62.0 Å². The predicted octanol–water partition coefficient (Wildman–Crippen LogP) is 5.77. The summed E-state index contributed by atoms with van der Waals surface area (Å²) in [5.74, 6) is -1.81. The van der Waals surface area contributed by atoms with Gasteiger partial charge in [0.1, 0.15) is 11.6 Å². The van der Waals surface area contributed by atoms with Crippen LogP contribution in [-0.4, -0.2) is 49.4 Å². The highest BCUT2D eigenvalue weighted by atomic mass is 32.2. The van der Waals surface area contributed by atoms with E-state index in [9.17, 15) is 54.2 Å². The van der Waals surface area contributed by atoms with Crippen LogP contribution >= 0.6 is 0 Å². The molecular weight excluding hydrogens is 607 g/mol. The zero-order valence-electron chi connectivity index (χ0n) is 22.2. The molecule has 3 aromatic rings. The first kappa shape index (κ1) is 32.4. The normalized spacial score (nSPS) is 17.0. The average molecular weight is 634 g/mol. The molecule has 6 nitrogen and oxygen atoms in total. The maximum Gasteiger partial charge on any atom is 0.430 e. The monoisotopic (exact) mass is 633 g/mol. The molecule has 0 spiro atoms. The summed E-state index contributed by atoms with van der Waals surface area (Å²) in [6, 6.07) is 12.6. The summed E-state index contributed by atoms with van der Waals surface area (Å²) in [5.41, 5.74) is -6.63. The van der Waals surface area contributed by atoms with Crippen LogP contribution in [-0.2, 0) is 26.8 Å². The van der Waals surface area contributed by atoms with Crippen LogP contribution in [0.25, 0.3) is 0 Å². The number of Topliss-reactive ketones (excluding diaryl/α,β-unsaturated/α-hetero) is 1. The van der Waals surface area contributed by atoms with Crippen molar-refractivity contribution >= 4 is 21.5 Å². The molecule has 0 saturated carbocycles. The Kier molecular flexibility index (Phi) is 8.96. The number of aliphatic hydroxyl groups is 2. The zero-order valence-corrected chi connectivity index (χ0v) is 23.1. The molecule has 0 unspecified atom stereocenters. The van der Waals surface area contributed by atoms with E-state index in [-0.39, 0.29) is 43.5 Å². The number of aliphatic hydroxyl groups excluding tert-OH is 1. The molecule has 0 amide bonds. The van der Waals surface area contributed by atoms with E-state index in [1.54, 1.807) is 30.3 Å². The maximum atomic E-state index is 13.8. The predicted molar refractivity (Wildman–Crippen MR) is 141 cm³/mol. The van der Waals surface area contributed by atoms with Gasteiger partial charge in [-0.05, 0) is 54.3 Å². The molecule has 4 rings (SSSR count). The van der Waals surface area contributed by atoms with Gasteiger partial charge in [-0.3, -0.25) is 9.10 Å². The Morgan fingerprint density at radius 1 is 0.930 bits per heavy atom. The molecule has 1 aliphatic rings. The third-order valence-corrected chi connectivity index (χ3v) is 9.31. The zero-order chi connectivity index (χ0) is 31.8. The quantitative estimate of drug-likeness (QED) is 0.292. The van der Waals surface area contributed by atoms with Crippen molar-refractivity contribution in [3.63, 3.8) is 0 Å². The van der Waals surface area contributed by atoms with Gasteiger partial charge in [-0.1, -0.05) is 42.5 Å². The molecule has 1 aliphatic heterocycles. The summed E-state index contributed by atoms with van der Waals surface area (Å²) in [6.07, 6.45) is -13.2. The van der Waals surface area contributed by atoms with E-state index in [0.29, 0.717) is 17.7 Å². The number of aryl methyl sites for hydroxylation is 1. The minimum Gasteiger partial charge on any atom is -0.396 e. The first-order valence-electron chi connectivity index (χ1n) is 13.0. The third kappa shape index (κ3) is 6.27. The van der Waals surface area contributed by atoms with Gasteiger partial charge in [0, 0.05) is 24.3 Å². The Morgan fingerprint density at radius 2 is 1.53 bits per heavy atom. The summed E-state index contributed by atoms with van der Waals surface area (Å²) in [5, 5.41) is 19.7. The minimum absolute atomic E-state index is 0.169. The fourth-order valence-corrected chi connectivity index (χ4v) is 6.93. The van der Waals surface area contributed by atoms with Gasteiger partial charge in [0.15, 0.2) is 0 Å². The number of ketones is 1. The summed E-state index contributed by atoms with van der Waals surface area (Å²) < 4.78 is 123. The van der Waals surface area contributed by atoms with Crippen molar-refractivity contribution in [2.45, 2.75) is 60.5 Å². The number of hydrogen-bond acceptors (Lipinski definition) is 5. The summed E-state index contributed by atoms with van der Waals surface area (Å²) in [7, 11) is -4.62. The lowest BCUT2D eigenvalue weighted by molar-refractivity contribution is -0.376. The summed E-state index contributed by atoms with van der Waals surface area (Å²) >= 11 is 0. The van der Waals surface area contributed by atoms with Crippen molar-refractivity contribution in [3.8, 4) is 0 Å². The highest BCUT2D eigenvalue weighted by Crippen LogP contribution is 2.51. The Labute approximate surface area is 242 Å². The number of nitrogens with zero attached hydrogens (tertiary/aromatic N) is 1. The molecule has 232 valence electrons. The minimum atomic E-state index is -6.15. The van der Waals surface area contributed by atoms with Crippen LogP contribution in [0.2, 0.25) is 0 Å². The molecule has 0 aromatic heterocycles. The molecule has 0 bridgehead atoms. The number of sulfonamides is 1. The second kappa shape index (κ2) is 11.9. The van der Waals surface area contributed by atoms with Crippen molar-refractivity contribution in [2.75, 3.05) is 10.9 Å². The number of carbonyl (C=O) groups is 1. The molecule has 1 heterocycles. The molecule has 0 saturated heterocycles. The molecular formula is C29H26F7NO5S. The van der Waals surface area contributed by atoms with E-state index >= 15 is 0 Å². The van der Waals surface area contributed by atoms with E-state index in [4.69, 9.17) is 0 Å². The highest BCUT2D eigenvalue weighted by molar-refractivity contribution is 7.92. The van der Waals surface area contributed by atoms with Crippen LogP contribution in [0.3, 0.4) is 0 Å². The van der Waals surface area contributed by atoms with Gasteiger partial charge in [-0.25, -0.2) is 12.8 Å². The Balaban J connectivity index is 1.76. The lowest BCUT2D eigenvalue weighted by Crippen LogP contribution is -2.54. The Morgan fingerprint density at radius 3 is 2.09 bits per heavy atom. The second-order valence-electron chi connectivity index (χ2n) is 10.2. The topological polar surface area (TPSA) is 94.9 Å². The van der Waals surface area contributed by atoms with Crippen LogP contribution < -0.4 is 4.31 Å². The highest BCUT2D eigenvalue weighted by Gasteiger charge is 2.71. The standard InChI is InChI=1S/C29H26F7NO5S/c30-22-8-11-25(12-9-22)43(41,42)37-23(16-24(39)15-20(17-38)18-4-2-1-3-5-18)10-6-19-14-21(7-13-26(19)37)27(40,28(31,32)33)29(34,35)36/h1-5,7-9,11-14,20,23,38,40H,6,10,15-17H2/t20-,23-/m0/s1. The van der Waals surface area contributed by atoms with Crippen molar-refractivity contribution in [1.29, 1.82) is 0 Å². The van der Waals surface area contributed by atoms with Gasteiger partial charge >= 0.3 is 12.4 Å². The molecule has 2 atom stereocenters. The Bertz CT molecular complexity index is 1540. The number of halogens is 7. The van der Waals surface area contributed by atoms with Crippen molar-refractivity contribution < 1.29 is 54.2 Å². The maximum absolute atomic E-state index is 13.8. The number of hydrogen-bond donors (Lipinski definition) is 2. The molecule has 3 aromatic carbocycles. The van der Waals surface area contributed by atoms with Crippen molar-refractivity contribution in [1.82, 2.24) is 0 Å². The van der Waals surface area contributed by atoms with Gasteiger partial charge in [-0.2, -0.15) is 26.3 Å². The molecule has 0 fully saturated rings. The van der Waals surface area contributed by atoms with Gasteiger partial charge < -0.3 is 10.2 Å². The van der Waals surface area contributed by atoms with Crippen molar-refractivity contribution in [2.24, 2.45) is 0 Å². The lowest BCUT2D eigenvalue weighted by atomic mass is 9.86. The number of anilines is 1. The van der Waals surface area contributed by atoms with E-state index in [1.807, 2.05) is 0 Å². The van der Waals surface area contributed by atoms with Crippen LogP contribution in [0.15, 0.2) is 77.7 Å². The van der Waals surface area contributed by atoms with Crippen molar-refractivity contribution in [3.05, 3.63) is 95.3 Å². The molecule has 43 heavy (non-hydrogen) atoms. The first-order valence-corrected chi connectivity index (χ1v) is 14.4. The van der Waals surface area contributed by atoms with E-state index in [2.05, 4.69) is 0 Å². The molecule has 2 N–H and O–H groups in total. The number of benzene rings is 3. The van der Waals surface area contributed by atoms with Crippen LogP contribution in [0.4, 0.5) is 36.4 Å². The smallest absolute Gasteiger partial charge is 0.396 e. The summed E-state index contributed by atoms with van der Waals surface area (Å²) in [6.45, 7) is -0.384. The van der Waals surface area contributed by atoms with E-state index in [1.165, 1.54) is 0 Å². The fraction of sp³-hybridized carbons (Fsp3) is 0.345. The van der Waals surface area contributed by atoms with Crippen LogP contribution in [0.1, 0.15) is 41.9 Å². The second-order valence-corrected chi connectivity index (χ2v) is 12.0. The average Bonchev–Trinajstić information content (AvgIpc) is 2.94. The summed E-state index contributed by atoms with van der Waals surface area (Å²) in [4.78, 5) is 12.7. The SMILES string of the molecule is O=C(C[C@@H](CO)c1ccccc1)C[C@@H]1CCc2cc(C(O)(C(F)(F)F)C(F)(F)F)ccc2N1S(=O)(=O)c1ccc(F)cc1. The number of carbonyl (C=O) groups excluding carboxylic acids is 1. The first-order chi connectivity index (χ1) is 20.0. The largest absolute Gasteiger partial charge is 0.430 e. The van der Waals surface area contributed by atoms with Crippen LogP contribution in [0.5, 0.6) is 0 Å². The van der Waals surface area contributed by atoms with Crippen LogP contribution in [0, 0.1) is 5.82 Å². The van der Waals surface area contributed by atoms with Gasteiger partial charge in [0.2, 0.25) is 0 Å². The third-order valence-electron chi connectivity index (χ3n) is 7.43. The Hall–Kier alpha value is -3.49.